The molecular formula is C21H16ClN3O4. The van der Waals surface area contributed by atoms with Crippen LogP contribution in [0.2, 0.25) is 5.02 Å². The van der Waals surface area contributed by atoms with Gasteiger partial charge >= 0.3 is 5.63 Å². The lowest BCUT2D eigenvalue weighted by molar-refractivity contribution is -0.123. The third kappa shape index (κ3) is 4.64. The summed E-state index contributed by atoms with van der Waals surface area (Å²) in [5, 5.41) is 8.49. The van der Waals surface area contributed by atoms with E-state index < -0.39 is 5.63 Å². The van der Waals surface area contributed by atoms with Crippen molar-refractivity contribution in [3.05, 3.63) is 88.0 Å². The highest BCUT2D eigenvalue weighted by atomic mass is 35.5. The molecule has 1 N–H and O–H groups in total. The lowest BCUT2D eigenvalue weighted by Gasteiger charge is -2.07. The molecule has 7 nitrogen and oxygen atoms in total. The van der Waals surface area contributed by atoms with Crippen LogP contribution < -0.4 is 15.7 Å². The smallest absolute Gasteiger partial charge is 0.336 e. The minimum atomic E-state index is -0.438. The number of hydrogen-bond donors (Lipinski definition) is 1. The SMILES string of the molecule is O=C(COc1ccc2ccc(=O)oc2c1)NCc1cnn(-c2ccc(Cl)cc2)c1. The normalized spacial score (nSPS) is 10.8. The summed E-state index contributed by atoms with van der Waals surface area (Å²) < 4.78 is 12.3. The molecule has 4 rings (SSSR count). The Morgan fingerprint density at radius 1 is 1.14 bits per heavy atom. The fraction of sp³-hybridized carbons (Fsp3) is 0.0952. The van der Waals surface area contributed by atoms with Crippen LogP contribution in [-0.2, 0) is 11.3 Å². The fourth-order valence-corrected chi connectivity index (χ4v) is 2.84. The average molecular weight is 410 g/mol. The molecule has 0 unspecified atom stereocenters. The Bertz CT molecular complexity index is 1210. The molecule has 2 aromatic carbocycles. The van der Waals surface area contributed by atoms with Crippen LogP contribution in [0.25, 0.3) is 16.7 Å². The first-order valence-electron chi connectivity index (χ1n) is 8.80. The second kappa shape index (κ2) is 8.20. The van der Waals surface area contributed by atoms with Crippen molar-refractivity contribution in [2.75, 3.05) is 6.61 Å². The summed E-state index contributed by atoms with van der Waals surface area (Å²) in [5.41, 5.74) is 1.69. The van der Waals surface area contributed by atoms with Gasteiger partial charge in [0, 0.05) is 40.8 Å². The summed E-state index contributed by atoms with van der Waals surface area (Å²) in [5.74, 6) is 0.163. The Balaban J connectivity index is 1.31. The molecule has 0 fully saturated rings. The quantitative estimate of drug-likeness (QED) is 0.494. The molecule has 29 heavy (non-hydrogen) atoms. The van der Waals surface area contributed by atoms with Crippen molar-refractivity contribution in [3.8, 4) is 11.4 Å². The maximum atomic E-state index is 12.1. The van der Waals surface area contributed by atoms with E-state index in [2.05, 4.69) is 10.4 Å². The Kier molecular flexibility index (Phi) is 5.31. The number of ether oxygens (including phenoxy) is 1. The third-order valence-electron chi connectivity index (χ3n) is 4.18. The van der Waals surface area contributed by atoms with E-state index in [-0.39, 0.29) is 12.5 Å². The van der Waals surface area contributed by atoms with E-state index in [1.54, 1.807) is 47.3 Å². The van der Waals surface area contributed by atoms with Crippen LogP contribution in [-0.4, -0.2) is 22.3 Å². The molecule has 0 atom stereocenters. The van der Waals surface area contributed by atoms with Crippen LogP contribution in [0.15, 0.2) is 76.2 Å². The van der Waals surface area contributed by atoms with E-state index in [0.717, 1.165) is 16.6 Å². The number of benzene rings is 2. The maximum Gasteiger partial charge on any atom is 0.336 e. The van der Waals surface area contributed by atoms with Gasteiger partial charge in [0.15, 0.2) is 6.61 Å². The molecule has 146 valence electrons. The number of carbonyl (C=O) groups excluding carboxylic acids is 1. The molecule has 0 aliphatic carbocycles. The predicted octanol–water partition coefficient (Wildman–Crippen LogP) is 3.33. The summed E-state index contributed by atoms with van der Waals surface area (Å²) >= 11 is 5.89. The van der Waals surface area contributed by atoms with Crippen LogP contribution in [0.3, 0.4) is 0 Å². The van der Waals surface area contributed by atoms with Crippen molar-refractivity contribution in [2.45, 2.75) is 6.54 Å². The first-order chi connectivity index (χ1) is 14.1. The molecule has 2 aromatic heterocycles. The number of nitrogens with zero attached hydrogens (tertiary/aromatic N) is 2. The summed E-state index contributed by atoms with van der Waals surface area (Å²) in [7, 11) is 0. The minimum Gasteiger partial charge on any atom is -0.484 e. The summed E-state index contributed by atoms with van der Waals surface area (Å²) in [6.45, 7) is 0.163. The van der Waals surface area contributed by atoms with Crippen molar-refractivity contribution in [3.63, 3.8) is 0 Å². The monoisotopic (exact) mass is 409 g/mol. The number of rotatable bonds is 6. The van der Waals surface area contributed by atoms with Crippen LogP contribution in [0.5, 0.6) is 5.75 Å². The number of amides is 1. The number of carbonyl (C=O) groups is 1. The van der Waals surface area contributed by atoms with Gasteiger partial charge in [0.2, 0.25) is 0 Å². The largest absolute Gasteiger partial charge is 0.484 e. The number of nitrogens with one attached hydrogen (secondary N) is 1. The number of hydrogen-bond acceptors (Lipinski definition) is 5. The molecule has 4 aromatic rings. The van der Waals surface area contributed by atoms with Gasteiger partial charge in [-0.1, -0.05) is 11.6 Å². The van der Waals surface area contributed by atoms with Gasteiger partial charge in [-0.25, -0.2) is 9.48 Å². The van der Waals surface area contributed by atoms with Crippen molar-refractivity contribution in [1.29, 1.82) is 0 Å². The molecule has 0 spiro atoms. The van der Waals surface area contributed by atoms with Gasteiger partial charge in [-0.3, -0.25) is 4.79 Å². The summed E-state index contributed by atoms with van der Waals surface area (Å²) in [4.78, 5) is 23.4. The minimum absolute atomic E-state index is 0.159. The van der Waals surface area contributed by atoms with Gasteiger partial charge < -0.3 is 14.5 Å². The van der Waals surface area contributed by atoms with Crippen LogP contribution in [0, 0.1) is 0 Å². The second-order valence-electron chi connectivity index (χ2n) is 6.29. The van der Waals surface area contributed by atoms with Gasteiger partial charge in [-0.05, 0) is 42.5 Å². The third-order valence-corrected chi connectivity index (χ3v) is 4.43. The van der Waals surface area contributed by atoms with Gasteiger partial charge in [-0.15, -0.1) is 0 Å². The first kappa shape index (κ1) is 18.8. The molecule has 0 aliphatic heterocycles. The Morgan fingerprint density at radius 2 is 1.93 bits per heavy atom. The highest BCUT2D eigenvalue weighted by molar-refractivity contribution is 6.30. The summed E-state index contributed by atoms with van der Waals surface area (Å²) in [6.07, 6.45) is 3.51. The van der Waals surface area contributed by atoms with Crippen LogP contribution in [0.1, 0.15) is 5.56 Å². The molecule has 0 saturated carbocycles. The number of aromatic nitrogens is 2. The number of halogens is 1. The van der Waals surface area contributed by atoms with E-state index in [1.165, 1.54) is 6.07 Å². The van der Waals surface area contributed by atoms with E-state index in [1.807, 2.05) is 18.3 Å². The molecule has 0 bridgehead atoms. The number of fused-ring (bicyclic) bond motifs is 1. The highest BCUT2D eigenvalue weighted by Gasteiger charge is 2.07. The molecule has 8 heteroatoms. The van der Waals surface area contributed by atoms with Gasteiger partial charge in [-0.2, -0.15) is 5.10 Å². The zero-order valence-electron chi connectivity index (χ0n) is 15.2. The average Bonchev–Trinajstić information content (AvgIpc) is 3.20. The lowest BCUT2D eigenvalue weighted by Crippen LogP contribution is -2.28. The standard InChI is InChI=1S/C21H16ClN3O4/c22-16-3-5-17(6-4-16)25-12-14(11-24-25)10-23-20(26)13-28-18-7-1-15-2-8-21(27)29-19(15)9-18/h1-9,11-12H,10,13H2,(H,23,26). The van der Waals surface area contributed by atoms with E-state index >= 15 is 0 Å². The second-order valence-corrected chi connectivity index (χ2v) is 6.73. The molecule has 0 radical (unpaired) electrons. The maximum absolute atomic E-state index is 12.1. The Labute approximate surface area is 170 Å². The Morgan fingerprint density at radius 3 is 2.76 bits per heavy atom. The fourth-order valence-electron chi connectivity index (χ4n) is 2.72. The van der Waals surface area contributed by atoms with Crippen molar-refractivity contribution >= 4 is 28.5 Å². The van der Waals surface area contributed by atoms with Gasteiger partial charge in [0.05, 0.1) is 11.9 Å². The van der Waals surface area contributed by atoms with Crippen molar-refractivity contribution in [2.24, 2.45) is 0 Å². The molecule has 0 saturated heterocycles. The summed E-state index contributed by atoms with van der Waals surface area (Å²) in [6, 6.07) is 15.4. The lowest BCUT2D eigenvalue weighted by atomic mass is 10.2. The highest BCUT2D eigenvalue weighted by Crippen LogP contribution is 2.19. The predicted molar refractivity (Wildman–Crippen MR) is 108 cm³/mol. The van der Waals surface area contributed by atoms with Crippen molar-refractivity contribution < 1.29 is 13.9 Å². The molecule has 2 heterocycles. The van der Waals surface area contributed by atoms with E-state index in [9.17, 15) is 9.59 Å². The van der Waals surface area contributed by atoms with Gasteiger partial charge in [0.1, 0.15) is 11.3 Å². The van der Waals surface area contributed by atoms with Crippen LogP contribution >= 0.6 is 11.6 Å². The molecule has 1 amide bonds. The van der Waals surface area contributed by atoms with E-state index in [0.29, 0.717) is 22.9 Å². The topological polar surface area (TPSA) is 86.4 Å². The van der Waals surface area contributed by atoms with Crippen molar-refractivity contribution in [1.82, 2.24) is 15.1 Å². The van der Waals surface area contributed by atoms with Gasteiger partial charge in [0.25, 0.3) is 5.91 Å². The molecular weight excluding hydrogens is 394 g/mol. The zero-order chi connectivity index (χ0) is 20.2. The Hall–Kier alpha value is -3.58. The first-order valence-corrected chi connectivity index (χ1v) is 9.17. The molecule has 0 aliphatic rings. The van der Waals surface area contributed by atoms with E-state index in [4.69, 9.17) is 20.8 Å². The zero-order valence-corrected chi connectivity index (χ0v) is 15.9. The van der Waals surface area contributed by atoms with Crippen LogP contribution in [0.4, 0.5) is 0 Å².